The van der Waals surface area contributed by atoms with Crippen LogP contribution in [0.1, 0.15) is 0 Å². The van der Waals surface area contributed by atoms with E-state index in [-0.39, 0.29) is 18.2 Å². The molecule has 0 aliphatic carbocycles. The van der Waals surface area contributed by atoms with Gasteiger partial charge in [0.25, 0.3) is 5.91 Å². The lowest BCUT2D eigenvalue weighted by Gasteiger charge is -2.09. The highest BCUT2D eigenvalue weighted by Crippen LogP contribution is 2.30. The number of aromatic nitrogens is 2. The molecule has 0 radical (unpaired) electrons. The number of carbonyl (C=O) groups is 1. The number of imidazole rings is 1. The molecular weight excluding hydrogens is 372 g/mol. The van der Waals surface area contributed by atoms with Crippen LogP contribution in [0, 0.1) is 11.6 Å². The lowest BCUT2D eigenvalue weighted by atomic mass is 10.1. The second kappa shape index (κ2) is 7.16. The molecule has 0 atom stereocenters. The van der Waals surface area contributed by atoms with Crippen molar-refractivity contribution in [2.75, 3.05) is 11.9 Å². The summed E-state index contributed by atoms with van der Waals surface area (Å²) in [5.74, 6) is -0.256. The van der Waals surface area contributed by atoms with Crippen LogP contribution in [0.2, 0.25) is 0 Å². The normalized spacial score (nSPS) is 10.9. The number of hydrogen-bond acceptors (Lipinski definition) is 4. The van der Waals surface area contributed by atoms with Crippen molar-refractivity contribution in [2.45, 2.75) is 0 Å². The highest BCUT2D eigenvalue weighted by Gasteiger charge is 2.17. The number of hydrogen-bond donors (Lipinski definition) is 1. The summed E-state index contributed by atoms with van der Waals surface area (Å²) in [4.78, 5) is 17.6. The minimum atomic E-state index is -0.393. The summed E-state index contributed by atoms with van der Waals surface area (Å²) < 4.78 is 33.2. The SMILES string of the molecule is O=C(COc1ccc(F)cc1)Nc1c(-c2ccc(F)cc2)nc2sccn12. The maximum atomic E-state index is 13.2. The number of carbonyl (C=O) groups excluding carboxylic acids is 1. The Labute approximate surface area is 156 Å². The first kappa shape index (κ1) is 17.2. The number of halogens is 2. The van der Waals surface area contributed by atoms with Gasteiger partial charge in [0.1, 0.15) is 28.9 Å². The fraction of sp³-hybridized carbons (Fsp3) is 0.0526. The van der Waals surface area contributed by atoms with Crippen molar-refractivity contribution in [3.8, 4) is 17.0 Å². The van der Waals surface area contributed by atoms with E-state index >= 15 is 0 Å². The van der Waals surface area contributed by atoms with E-state index in [0.717, 1.165) is 0 Å². The van der Waals surface area contributed by atoms with Gasteiger partial charge in [0.2, 0.25) is 0 Å². The molecule has 2 aromatic heterocycles. The highest BCUT2D eigenvalue weighted by atomic mass is 32.1. The first-order valence-corrected chi connectivity index (χ1v) is 8.88. The van der Waals surface area contributed by atoms with Crippen molar-refractivity contribution < 1.29 is 18.3 Å². The smallest absolute Gasteiger partial charge is 0.263 e. The topological polar surface area (TPSA) is 55.6 Å². The molecule has 0 aliphatic heterocycles. The summed E-state index contributed by atoms with van der Waals surface area (Å²) in [7, 11) is 0. The van der Waals surface area contributed by atoms with Gasteiger partial charge in [0.05, 0.1) is 0 Å². The van der Waals surface area contributed by atoms with Gasteiger partial charge in [-0.15, -0.1) is 11.3 Å². The second-order valence-corrected chi connectivity index (χ2v) is 6.54. The van der Waals surface area contributed by atoms with Crippen molar-refractivity contribution in [1.29, 1.82) is 0 Å². The number of amides is 1. The van der Waals surface area contributed by atoms with E-state index in [9.17, 15) is 13.6 Å². The number of thiazole rings is 1. The average molecular weight is 385 g/mol. The largest absolute Gasteiger partial charge is 0.484 e. The first-order valence-electron chi connectivity index (χ1n) is 8.00. The predicted octanol–water partition coefficient (Wildman–Crippen LogP) is 4.36. The monoisotopic (exact) mass is 385 g/mol. The Morgan fingerprint density at radius 2 is 1.74 bits per heavy atom. The highest BCUT2D eigenvalue weighted by molar-refractivity contribution is 7.15. The molecule has 0 saturated heterocycles. The lowest BCUT2D eigenvalue weighted by Crippen LogP contribution is -2.21. The van der Waals surface area contributed by atoms with E-state index in [1.807, 2.05) is 5.38 Å². The van der Waals surface area contributed by atoms with Gasteiger partial charge in [-0.05, 0) is 48.5 Å². The van der Waals surface area contributed by atoms with Gasteiger partial charge in [-0.2, -0.15) is 0 Å². The van der Waals surface area contributed by atoms with Crippen molar-refractivity contribution in [2.24, 2.45) is 0 Å². The number of fused-ring (bicyclic) bond motifs is 1. The quantitative estimate of drug-likeness (QED) is 0.555. The Kier molecular flexibility index (Phi) is 4.55. The number of nitrogens with one attached hydrogen (secondary N) is 1. The van der Waals surface area contributed by atoms with Crippen LogP contribution in [-0.4, -0.2) is 21.9 Å². The zero-order valence-corrected chi connectivity index (χ0v) is 14.7. The zero-order chi connectivity index (χ0) is 18.8. The van der Waals surface area contributed by atoms with Crippen LogP contribution < -0.4 is 10.1 Å². The lowest BCUT2D eigenvalue weighted by molar-refractivity contribution is -0.118. The van der Waals surface area contributed by atoms with E-state index in [2.05, 4.69) is 10.3 Å². The molecule has 0 spiro atoms. The third-order valence-electron chi connectivity index (χ3n) is 3.82. The van der Waals surface area contributed by atoms with E-state index in [4.69, 9.17) is 4.74 Å². The number of rotatable bonds is 5. The molecule has 5 nitrogen and oxygen atoms in total. The Bertz CT molecular complexity index is 1090. The van der Waals surface area contributed by atoms with Crippen LogP contribution >= 0.6 is 11.3 Å². The Balaban J connectivity index is 1.56. The molecule has 0 aliphatic rings. The van der Waals surface area contributed by atoms with Crippen molar-refractivity contribution in [3.05, 3.63) is 71.7 Å². The maximum Gasteiger partial charge on any atom is 0.263 e. The van der Waals surface area contributed by atoms with Gasteiger partial charge >= 0.3 is 0 Å². The molecule has 4 rings (SSSR count). The molecule has 2 aromatic carbocycles. The minimum Gasteiger partial charge on any atom is -0.484 e. The minimum absolute atomic E-state index is 0.244. The van der Waals surface area contributed by atoms with Crippen LogP contribution in [0.4, 0.5) is 14.6 Å². The fourth-order valence-electron chi connectivity index (χ4n) is 2.56. The molecule has 1 N–H and O–H groups in total. The van der Waals surface area contributed by atoms with Gasteiger partial charge in [-0.25, -0.2) is 13.8 Å². The molecular formula is C19H13F2N3O2S. The van der Waals surface area contributed by atoms with Crippen LogP contribution in [0.3, 0.4) is 0 Å². The molecule has 0 saturated carbocycles. The molecule has 0 bridgehead atoms. The van der Waals surface area contributed by atoms with Crippen LogP contribution in [-0.2, 0) is 4.79 Å². The molecule has 136 valence electrons. The van der Waals surface area contributed by atoms with Crippen molar-refractivity contribution >= 4 is 28.0 Å². The molecule has 0 unspecified atom stereocenters. The first-order chi connectivity index (χ1) is 13.1. The van der Waals surface area contributed by atoms with Gasteiger partial charge in [0, 0.05) is 17.1 Å². The van der Waals surface area contributed by atoms with Gasteiger partial charge < -0.3 is 10.1 Å². The van der Waals surface area contributed by atoms with Gasteiger partial charge in [-0.1, -0.05) is 0 Å². The molecule has 0 fully saturated rings. The summed E-state index contributed by atoms with van der Waals surface area (Å²) in [5.41, 5.74) is 1.22. The number of benzene rings is 2. The van der Waals surface area contributed by atoms with Crippen LogP contribution in [0.25, 0.3) is 16.2 Å². The number of ether oxygens (including phenoxy) is 1. The number of nitrogens with zero attached hydrogens (tertiary/aromatic N) is 2. The average Bonchev–Trinajstić information content (AvgIpc) is 3.25. The van der Waals surface area contributed by atoms with E-state index in [1.54, 1.807) is 22.7 Å². The molecule has 27 heavy (non-hydrogen) atoms. The summed E-state index contributed by atoms with van der Waals surface area (Å²) in [6.45, 7) is -0.244. The van der Waals surface area contributed by atoms with E-state index < -0.39 is 5.91 Å². The van der Waals surface area contributed by atoms with Gasteiger partial charge in [-0.3, -0.25) is 9.20 Å². The van der Waals surface area contributed by atoms with E-state index in [1.165, 1.54) is 47.7 Å². The molecule has 1 amide bonds. The third kappa shape index (κ3) is 3.65. The Hall–Kier alpha value is -3.26. The van der Waals surface area contributed by atoms with Gasteiger partial charge in [0.15, 0.2) is 11.6 Å². The summed E-state index contributed by atoms with van der Waals surface area (Å²) in [6, 6.07) is 11.3. The van der Waals surface area contributed by atoms with Crippen molar-refractivity contribution in [3.63, 3.8) is 0 Å². The van der Waals surface area contributed by atoms with Crippen molar-refractivity contribution in [1.82, 2.24) is 9.38 Å². The Morgan fingerprint density at radius 3 is 2.44 bits per heavy atom. The Morgan fingerprint density at radius 1 is 1.07 bits per heavy atom. The summed E-state index contributed by atoms with van der Waals surface area (Å²) in [5, 5.41) is 4.64. The number of anilines is 1. The summed E-state index contributed by atoms with van der Waals surface area (Å²) in [6.07, 6.45) is 1.79. The third-order valence-corrected chi connectivity index (χ3v) is 4.58. The fourth-order valence-corrected chi connectivity index (χ4v) is 3.28. The molecule has 4 aromatic rings. The molecule has 8 heteroatoms. The maximum absolute atomic E-state index is 13.2. The van der Waals surface area contributed by atoms with E-state index in [0.29, 0.717) is 27.8 Å². The second-order valence-electron chi connectivity index (χ2n) is 5.66. The summed E-state index contributed by atoms with van der Waals surface area (Å²) >= 11 is 1.42. The van der Waals surface area contributed by atoms with Crippen LogP contribution in [0.15, 0.2) is 60.1 Å². The van der Waals surface area contributed by atoms with Crippen LogP contribution in [0.5, 0.6) is 5.75 Å². The zero-order valence-electron chi connectivity index (χ0n) is 13.9. The molecule has 2 heterocycles. The standard InChI is InChI=1S/C19H13F2N3O2S/c20-13-3-1-12(2-4-13)17-18(24-9-10-27-19(24)23-17)22-16(25)11-26-15-7-5-14(21)6-8-15/h1-10H,11H2,(H,22,25). The predicted molar refractivity (Wildman–Crippen MR) is 99.0 cm³/mol.